The lowest BCUT2D eigenvalue weighted by Gasteiger charge is -2.40. The van der Waals surface area contributed by atoms with E-state index in [0.29, 0.717) is 12.6 Å². The minimum atomic E-state index is 0.292. The summed E-state index contributed by atoms with van der Waals surface area (Å²) in [5.74, 6) is 2.43. The van der Waals surface area contributed by atoms with E-state index >= 15 is 0 Å². The maximum atomic E-state index is 9.20. The lowest BCUT2D eigenvalue weighted by atomic mass is 9.84. The van der Waals surface area contributed by atoms with Crippen molar-refractivity contribution in [3.63, 3.8) is 0 Å². The fraction of sp³-hybridized carbons (Fsp3) is 1.00. The molecule has 1 aliphatic heterocycles. The van der Waals surface area contributed by atoms with Gasteiger partial charge in [-0.15, -0.1) is 0 Å². The van der Waals surface area contributed by atoms with Crippen molar-refractivity contribution < 1.29 is 5.11 Å². The highest BCUT2D eigenvalue weighted by atomic mass is 16.3. The van der Waals surface area contributed by atoms with Crippen LogP contribution in [0.2, 0.25) is 0 Å². The van der Waals surface area contributed by atoms with Crippen LogP contribution in [-0.4, -0.2) is 48.8 Å². The summed E-state index contributed by atoms with van der Waals surface area (Å²) in [7, 11) is 0. The predicted octanol–water partition coefficient (Wildman–Crippen LogP) is 2.50. The molecule has 0 aromatic carbocycles. The zero-order chi connectivity index (χ0) is 14.4. The molecule has 2 fully saturated rings. The van der Waals surface area contributed by atoms with Crippen LogP contribution in [0.3, 0.4) is 0 Å². The second-order valence-corrected chi connectivity index (χ2v) is 7.33. The van der Waals surface area contributed by atoms with Crippen LogP contribution in [0.4, 0.5) is 0 Å². The van der Waals surface area contributed by atoms with Gasteiger partial charge in [0.25, 0.3) is 0 Å². The number of hydrogen-bond acceptors (Lipinski definition) is 3. The van der Waals surface area contributed by atoms with Gasteiger partial charge in [0.2, 0.25) is 0 Å². The number of nitrogens with zero attached hydrogens (tertiary/aromatic N) is 1. The maximum Gasteiger partial charge on any atom is 0.0558 e. The number of aliphatic hydroxyl groups is 1. The molecule has 0 aromatic heterocycles. The first-order valence-electron chi connectivity index (χ1n) is 8.75. The zero-order valence-electron chi connectivity index (χ0n) is 13.5. The van der Waals surface area contributed by atoms with E-state index in [1.54, 1.807) is 0 Å². The summed E-state index contributed by atoms with van der Waals surface area (Å²) in [6.45, 7) is 9.31. The van der Waals surface area contributed by atoms with Crippen molar-refractivity contribution in [2.45, 2.75) is 58.4 Å². The average Bonchev–Trinajstić information content (AvgIpc) is 2.46. The molecule has 0 spiro atoms. The van der Waals surface area contributed by atoms with Gasteiger partial charge in [-0.05, 0) is 43.6 Å². The highest BCUT2D eigenvalue weighted by Crippen LogP contribution is 2.26. The van der Waals surface area contributed by atoms with Crippen LogP contribution >= 0.6 is 0 Å². The summed E-state index contributed by atoms with van der Waals surface area (Å²) in [5.41, 5.74) is 0. The van der Waals surface area contributed by atoms with Gasteiger partial charge >= 0.3 is 0 Å². The van der Waals surface area contributed by atoms with Crippen molar-refractivity contribution in [1.82, 2.24) is 10.2 Å². The average molecular weight is 282 g/mol. The molecule has 2 rings (SSSR count). The molecule has 3 heteroatoms. The third-order valence-corrected chi connectivity index (χ3v) is 5.34. The summed E-state index contributed by atoms with van der Waals surface area (Å²) in [6.07, 6.45) is 8.47. The number of rotatable bonds is 6. The van der Waals surface area contributed by atoms with E-state index in [4.69, 9.17) is 0 Å². The first-order valence-corrected chi connectivity index (χ1v) is 8.75. The molecule has 2 aliphatic rings. The molecule has 1 saturated heterocycles. The second kappa shape index (κ2) is 8.35. The number of hydrogen-bond donors (Lipinski definition) is 2. The Labute approximate surface area is 125 Å². The molecular weight excluding hydrogens is 248 g/mol. The number of aliphatic hydroxyl groups excluding tert-OH is 1. The van der Waals surface area contributed by atoms with Crippen LogP contribution in [0.15, 0.2) is 0 Å². The molecule has 2 N–H and O–H groups in total. The highest BCUT2D eigenvalue weighted by Gasteiger charge is 2.28. The van der Waals surface area contributed by atoms with Crippen LogP contribution in [0.1, 0.15) is 52.4 Å². The van der Waals surface area contributed by atoms with E-state index in [1.165, 1.54) is 51.6 Å². The molecular formula is C17H34N2O. The van der Waals surface area contributed by atoms with E-state index in [-0.39, 0.29) is 0 Å². The Morgan fingerprint density at radius 1 is 1.15 bits per heavy atom. The lowest BCUT2D eigenvalue weighted by Crippen LogP contribution is -2.51. The van der Waals surface area contributed by atoms with E-state index < -0.39 is 0 Å². The number of piperidine rings is 1. The zero-order valence-corrected chi connectivity index (χ0v) is 13.5. The SMILES string of the molecule is CC(C)C1CC(NCC2CCCCC2)CN(CCO)C1. The summed E-state index contributed by atoms with van der Waals surface area (Å²) in [4.78, 5) is 2.45. The van der Waals surface area contributed by atoms with Crippen molar-refractivity contribution in [1.29, 1.82) is 0 Å². The lowest BCUT2D eigenvalue weighted by molar-refractivity contribution is 0.0944. The standard InChI is InChI=1S/C17H34N2O/c1-14(2)16-10-17(13-19(12-16)8-9-20)18-11-15-6-4-3-5-7-15/h14-18,20H,3-13H2,1-2H3. The van der Waals surface area contributed by atoms with Gasteiger partial charge in [0, 0.05) is 25.7 Å². The first kappa shape index (κ1) is 16.3. The number of β-amino-alcohol motifs (C(OH)–C–C–N with tert-alkyl or cyclic N) is 1. The monoisotopic (exact) mass is 282 g/mol. The molecule has 20 heavy (non-hydrogen) atoms. The molecule has 0 amide bonds. The summed E-state index contributed by atoms with van der Waals surface area (Å²) in [5, 5.41) is 13.0. The second-order valence-electron chi connectivity index (χ2n) is 7.33. The third kappa shape index (κ3) is 5.01. The Hall–Kier alpha value is -0.120. The Bertz CT molecular complexity index is 264. The van der Waals surface area contributed by atoms with Crippen LogP contribution in [0, 0.1) is 17.8 Å². The van der Waals surface area contributed by atoms with Gasteiger partial charge in [-0.25, -0.2) is 0 Å². The van der Waals surface area contributed by atoms with Crippen molar-refractivity contribution in [2.24, 2.45) is 17.8 Å². The maximum absolute atomic E-state index is 9.20. The van der Waals surface area contributed by atoms with Crippen molar-refractivity contribution in [3.8, 4) is 0 Å². The van der Waals surface area contributed by atoms with E-state index in [2.05, 4.69) is 24.1 Å². The van der Waals surface area contributed by atoms with Crippen LogP contribution in [-0.2, 0) is 0 Å². The van der Waals surface area contributed by atoms with Gasteiger partial charge in [-0.3, -0.25) is 4.90 Å². The minimum Gasteiger partial charge on any atom is -0.395 e. The van der Waals surface area contributed by atoms with E-state index in [9.17, 15) is 5.11 Å². The van der Waals surface area contributed by atoms with Crippen molar-refractivity contribution in [2.75, 3.05) is 32.8 Å². The Morgan fingerprint density at radius 3 is 2.55 bits per heavy atom. The van der Waals surface area contributed by atoms with E-state index in [0.717, 1.165) is 30.8 Å². The topological polar surface area (TPSA) is 35.5 Å². The molecule has 118 valence electrons. The van der Waals surface area contributed by atoms with Gasteiger partial charge in [0.1, 0.15) is 0 Å². The minimum absolute atomic E-state index is 0.292. The summed E-state index contributed by atoms with van der Waals surface area (Å²) < 4.78 is 0. The first-order chi connectivity index (χ1) is 9.69. The molecule has 1 aliphatic carbocycles. The smallest absolute Gasteiger partial charge is 0.0558 e. The Kier molecular flexibility index (Phi) is 6.79. The molecule has 0 bridgehead atoms. The molecule has 1 heterocycles. The van der Waals surface area contributed by atoms with Crippen LogP contribution < -0.4 is 5.32 Å². The third-order valence-electron chi connectivity index (χ3n) is 5.34. The fourth-order valence-electron chi connectivity index (χ4n) is 3.91. The highest BCUT2D eigenvalue weighted by molar-refractivity contribution is 4.85. The largest absolute Gasteiger partial charge is 0.395 e. The molecule has 0 aromatic rings. The predicted molar refractivity (Wildman–Crippen MR) is 84.8 cm³/mol. The van der Waals surface area contributed by atoms with Crippen molar-refractivity contribution >= 4 is 0 Å². The normalized spacial score (nSPS) is 30.0. The van der Waals surface area contributed by atoms with Gasteiger partial charge in [-0.1, -0.05) is 33.1 Å². The number of likely N-dealkylation sites (tertiary alicyclic amines) is 1. The van der Waals surface area contributed by atoms with Gasteiger partial charge in [0.15, 0.2) is 0 Å². The molecule has 0 radical (unpaired) electrons. The summed E-state index contributed by atoms with van der Waals surface area (Å²) in [6, 6.07) is 0.629. The number of nitrogens with one attached hydrogen (secondary N) is 1. The quantitative estimate of drug-likeness (QED) is 0.786. The van der Waals surface area contributed by atoms with Gasteiger partial charge in [-0.2, -0.15) is 0 Å². The van der Waals surface area contributed by atoms with Crippen molar-refractivity contribution in [3.05, 3.63) is 0 Å². The van der Waals surface area contributed by atoms with Crippen LogP contribution in [0.25, 0.3) is 0 Å². The fourth-order valence-corrected chi connectivity index (χ4v) is 3.91. The van der Waals surface area contributed by atoms with Crippen LogP contribution in [0.5, 0.6) is 0 Å². The van der Waals surface area contributed by atoms with Gasteiger partial charge in [0.05, 0.1) is 6.61 Å². The summed E-state index contributed by atoms with van der Waals surface area (Å²) >= 11 is 0. The van der Waals surface area contributed by atoms with E-state index in [1.807, 2.05) is 0 Å². The molecule has 2 unspecified atom stereocenters. The molecule has 1 saturated carbocycles. The molecule has 2 atom stereocenters. The Balaban J connectivity index is 1.78. The molecule has 3 nitrogen and oxygen atoms in total. The van der Waals surface area contributed by atoms with Gasteiger partial charge < -0.3 is 10.4 Å². The Morgan fingerprint density at radius 2 is 1.90 bits per heavy atom.